The van der Waals surface area contributed by atoms with Crippen molar-refractivity contribution in [2.45, 2.75) is 19.4 Å². The SMILES string of the molecule is COC(=O)CCOc1ccc([C@H](C)N)cc1Cl. The first-order chi connectivity index (χ1) is 8.04. The van der Waals surface area contributed by atoms with Gasteiger partial charge in [0.2, 0.25) is 0 Å². The Morgan fingerprint density at radius 3 is 2.76 bits per heavy atom. The molecule has 0 unspecified atom stereocenters. The van der Waals surface area contributed by atoms with Crippen molar-refractivity contribution in [2.24, 2.45) is 5.73 Å². The van der Waals surface area contributed by atoms with Crippen LogP contribution in [0.3, 0.4) is 0 Å². The summed E-state index contributed by atoms with van der Waals surface area (Å²) in [6.45, 7) is 2.12. The number of benzene rings is 1. The monoisotopic (exact) mass is 257 g/mol. The summed E-state index contributed by atoms with van der Waals surface area (Å²) in [5.41, 5.74) is 6.67. The maximum absolute atomic E-state index is 10.9. The number of carbonyl (C=O) groups is 1. The number of halogens is 1. The van der Waals surface area contributed by atoms with E-state index in [1.165, 1.54) is 7.11 Å². The lowest BCUT2D eigenvalue weighted by Gasteiger charge is -2.10. The summed E-state index contributed by atoms with van der Waals surface area (Å²) >= 11 is 6.03. The zero-order valence-electron chi connectivity index (χ0n) is 9.90. The second kappa shape index (κ2) is 6.47. The molecule has 1 aromatic rings. The smallest absolute Gasteiger partial charge is 0.308 e. The van der Waals surface area contributed by atoms with E-state index >= 15 is 0 Å². The van der Waals surface area contributed by atoms with Crippen LogP contribution in [-0.2, 0) is 9.53 Å². The van der Waals surface area contributed by atoms with Crippen molar-refractivity contribution >= 4 is 17.6 Å². The predicted octanol–water partition coefficient (Wildman–Crippen LogP) is 2.30. The summed E-state index contributed by atoms with van der Waals surface area (Å²) in [7, 11) is 1.34. The number of carbonyl (C=O) groups excluding carboxylic acids is 1. The van der Waals surface area contributed by atoms with E-state index in [2.05, 4.69) is 4.74 Å². The molecule has 0 fully saturated rings. The van der Waals surface area contributed by atoms with E-state index in [0.29, 0.717) is 10.8 Å². The zero-order chi connectivity index (χ0) is 12.8. The predicted molar refractivity (Wildman–Crippen MR) is 66.2 cm³/mol. The molecule has 0 aliphatic rings. The lowest BCUT2D eigenvalue weighted by atomic mass is 10.1. The van der Waals surface area contributed by atoms with Gasteiger partial charge in [0.15, 0.2) is 0 Å². The number of ether oxygens (including phenoxy) is 2. The molecule has 1 aromatic carbocycles. The molecule has 0 saturated carbocycles. The number of hydrogen-bond acceptors (Lipinski definition) is 4. The van der Waals surface area contributed by atoms with E-state index in [-0.39, 0.29) is 25.0 Å². The Balaban J connectivity index is 2.57. The van der Waals surface area contributed by atoms with Gasteiger partial charge in [0.25, 0.3) is 0 Å². The molecule has 0 aliphatic heterocycles. The Morgan fingerprint density at radius 1 is 1.53 bits per heavy atom. The van der Waals surface area contributed by atoms with Crippen LogP contribution in [0.2, 0.25) is 5.02 Å². The van der Waals surface area contributed by atoms with E-state index in [1.54, 1.807) is 12.1 Å². The van der Waals surface area contributed by atoms with Gasteiger partial charge in [0.1, 0.15) is 5.75 Å². The van der Waals surface area contributed by atoms with E-state index in [0.717, 1.165) is 5.56 Å². The lowest BCUT2D eigenvalue weighted by molar-refractivity contribution is -0.141. The maximum atomic E-state index is 10.9. The quantitative estimate of drug-likeness (QED) is 0.823. The van der Waals surface area contributed by atoms with Gasteiger partial charge in [0.05, 0.1) is 25.2 Å². The van der Waals surface area contributed by atoms with Crippen molar-refractivity contribution in [1.29, 1.82) is 0 Å². The molecule has 0 bridgehead atoms. The Labute approximate surface area is 106 Å². The molecule has 1 atom stereocenters. The highest BCUT2D eigenvalue weighted by molar-refractivity contribution is 6.32. The molecular formula is C12H16ClNO3. The summed E-state index contributed by atoms with van der Waals surface area (Å²) < 4.78 is 9.87. The Kier molecular flexibility index (Phi) is 5.25. The second-order valence-electron chi connectivity index (χ2n) is 3.65. The first-order valence-corrected chi connectivity index (χ1v) is 5.67. The van der Waals surface area contributed by atoms with Crippen LogP contribution in [0.4, 0.5) is 0 Å². The van der Waals surface area contributed by atoms with Crippen LogP contribution in [-0.4, -0.2) is 19.7 Å². The molecular weight excluding hydrogens is 242 g/mol. The van der Waals surface area contributed by atoms with E-state index in [9.17, 15) is 4.79 Å². The minimum atomic E-state index is -0.312. The van der Waals surface area contributed by atoms with Crippen molar-refractivity contribution in [3.05, 3.63) is 28.8 Å². The van der Waals surface area contributed by atoms with Gasteiger partial charge >= 0.3 is 5.97 Å². The van der Waals surface area contributed by atoms with Gasteiger partial charge in [-0.2, -0.15) is 0 Å². The fraction of sp³-hybridized carbons (Fsp3) is 0.417. The number of nitrogens with two attached hydrogens (primary N) is 1. The first kappa shape index (κ1) is 13.8. The van der Waals surface area contributed by atoms with Gasteiger partial charge in [-0.05, 0) is 24.6 Å². The maximum Gasteiger partial charge on any atom is 0.308 e. The van der Waals surface area contributed by atoms with Crippen LogP contribution < -0.4 is 10.5 Å². The molecule has 1 rings (SSSR count). The largest absolute Gasteiger partial charge is 0.491 e. The molecule has 0 heterocycles. The number of esters is 1. The highest BCUT2D eigenvalue weighted by Crippen LogP contribution is 2.27. The van der Waals surface area contributed by atoms with Gasteiger partial charge in [-0.1, -0.05) is 17.7 Å². The molecule has 4 nitrogen and oxygen atoms in total. The summed E-state index contributed by atoms with van der Waals surface area (Å²) in [5, 5.41) is 0.490. The molecule has 0 aliphatic carbocycles. The minimum absolute atomic E-state index is 0.0726. The number of hydrogen-bond donors (Lipinski definition) is 1. The van der Waals surface area contributed by atoms with Gasteiger partial charge in [-0.3, -0.25) is 4.79 Å². The third kappa shape index (κ3) is 4.24. The molecule has 0 aromatic heterocycles. The van der Waals surface area contributed by atoms with Gasteiger partial charge < -0.3 is 15.2 Å². The fourth-order valence-electron chi connectivity index (χ4n) is 1.26. The van der Waals surface area contributed by atoms with Crippen LogP contribution >= 0.6 is 11.6 Å². The van der Waals surface area contributed by atoms with Crippen LogP contribution in [0.1, 0.15) is 24.9 Å². The third-order valence-electron chi connectivity index (χ3n) is 2.27. The summed E-state index contributed by atoms with van der Waals surface area (Å²) in [4.78, 5) is 10.9. The Bertz CT molecular complexity index is 393. The van der Waals surface area contributed by atoms with E-state index < -0.39 is 0 Å². The van der Waals surface area contributed by atoms with Crippen molar-refractivity contribution in [1.82, 2.24) is 0 Å². The Morgan fingerprint density at radius 2 is 2.24 bits per heavy atom. The Hall–Kier alpha value is -1.26. The first-order valence-electron chi connectivity index (χ1n) is 5.29. The normalized spacial score (nSPS) is 12.0. The molecule has 2 N–H and O–H groups in total. The van der Waals surface area contributed by atoms with Crippen LogP contribution in [0, 0.1) is 0 Å². The molecule has 5 heteroatoms. The second-order valence-corrected chi connectivity index (χ2v) is 4.06. The molecule has 0 amide bonds. The van der Waals surface area contributed by atoms with Crippen LogP contribution in [0.25, 0.3) is 0 Å². The standard InChI is InChI=1S/C12H16ClNO3/c1-8(14)9-3-4-11(10(13)7-9)17-6-5-12(15)16-2/h3-4,7-8H,5-6,14H2,1-2H3/t8-/m0/s1. The third-order valence-corrected chi connectivity index (χ3v) is 2.57. The zero-order valence-corrected chi connectivity index (χ0v) is 10.7. The van der Waals surface area contributed by atoms with E-state index in [1.807, 2.05) is 13.0 Å². The molecule has 94 valence electrons. The van der Waals surface area contributed by atoms with E-state index in [4.69, 9.17) is 22.1 Å². The summed E-state index contributed by atoms with van der Waals surface area (Å²) in [5.74, 6) is 0.230. The summed E-state index contributed by atoms with van der Waals surface area (Å²) in [6, 6.07) is 5.29. The number of methoxy groups -OCH3 is 1. The van der Waals surface area contributed by atoms with Crippen LogP contribution in [0.15, 0.2) is 18.2 Å². The topological polar surface area (TPSA) is 61.5 Å². The molecule has 17 heavy (non-hydrogen) atoms. The number of rotatable bonds is 5. The molecule has 0 spiro atoms. The van der Waals surface area contributed by atoms with Crippen molar-refractivity contribution in [3.63, 3.8) is 0 Å². The fourth-order valence-corrected chi connectivity index (χ4v) is 1.51. The molecule has 0 saturated heterocycles. The lowest BCUT2D eigenvalue weighted by Crippen LogP contribution is -2.08. The summed E-state index contributed by atoms with van der Waals surface area (Å²) in [6.07, 6.45) is 0.196. The van der Waals surface area contributed by atoms with Crippen molar-refractivity contribution < 1.29 is 14.3 Å². The molecule has 0 radical (unpaired) electrons. The van der Waals surface area contributed by atoms with Crippen molar-refractivity contribution in [3.8, 4) is 5.75 Å². The highest BCUT2D eigenvalue weighted by atomic mass is 35.5. The van der Waals surface area contributed by atoms with Gasteiger partial charge in [0, 0.05) is 6.04 Å². The van der Waals surface area contributed by atoms with Gasteiger partial charge in [-0.15, -0.1) is 0 Å². The minimum Gasteiger partial charge on any atom is -0.491 e. The van der Waals surface area contributed by atoms with Crippen LogP contribution in [0.5, 0.6) is 5.75 Å². The van der Waals surface area contributed by atoms with Gasteiger partial charge in [-0.25, -0.2) is 0 Å². The van der Waals surface area contributed by atoms with Crippen molar-refractivity contribution in [2.75, 3.05) is 13.7 Å². The highest BCUT2D eigenvalue weighted by Gasteiger charge is 2.07. The average molecular weight is 258 g/mol. The average Bonchev–Trinajstić information content (AvgIpc) is 2.30.